The highest BCUT2D eigenvalue weighted by molar-refractivity contribution is 14.0. The number of benzene rings is 1. The molecule has 8 heteroatoms. The Labute approximate surface area is 185 Å². The Bertz CT molecular complexity index is 731. The molecule has 1 saturated heterocycles. The van der Waals surface area contributed by atoms with Gasteiger partial charge >= 0.3 is 0 Å². The Hall–Kier alpha value is -1.68. The van der Waals surface area contributed by atoms with Gasteiger partial charge in [0.2, 0.25) is 0 Å². The fourth-order valence-corrected chi connectivity index (χ4v) is 3.64. The second kappa shape index (κ2) is 11.4. The smallest absolute Gasteiger partial charge is 0.191 e. The van der Waals surface area contributed by atoms with Crippen molar-refractivity contribution >= 4 is 29.9 Å². The van der Waals surface area contributed by atoms with Gasteiger partial charge in [-0.05, 0) is 32.3 Å². The monoisotopic (exact) mass is 497 g/mol. The first-order valence-electron chi connectivity index (χ1n) is 9.81. The number of nitrogens with one attached hydrogen (secondary N) is 2. The van der Waals surface area contributed by atoms with E-state index in [0.717, 1.165) is 44.3 Å². The Balaban J connectivity index is 0.00000280. The molecule has 0 bridgehead atoms. The van der Waals surface area contributed by atoms with Crippen molar-refractivity contribution in [1.29, 1.82) is 0 Å². The average molecular weight is 497 g/mol. The molecule has 1 aromatic heterocycles. The van der Waals surface area contributed by atoms with Crippen LogP contribution in [0.3, 0.4) is 0 Å². The zero-order valence-electron chi connectivity index (χ0n) is 17.0. The summed E-state index contributed by atoms with van der Waals surface area (Å²) in [7, 11) is 1.81. The summed E-state index contributed by atoms with van der Waals surface area (Å²) in [6, 6.07) is 11.7. The summed E-state index contributed by atoms with van der Waals surface area (Å²) in [5.74, 6) is 1.75. The SMILES string of the molecule is CCn1cnnc1CNC(=NC)NC1CCN(Cc2ccccc2)C(C)C1.I. The van der Waals surface area contributed by atoms with Gasteiger partial charge in [0.1, 0.15) is 6.33 Å². The van der Waals surface area contributed by atoms with Crippen LogP contribution >= 0.6 is 24.0 Å². The molecule has 2 atom stereocenters. The maximum absolute atomic E-state index is 4.37. The van der Waals surface area contributed by atoms with Crippen LogP contribution in [0.5, 0.6) is 0 Å². The fraction of sp³-hybridized carbons (Fsp3) is 0.550. The van der Waals surface area contributed by atoms with Crippen molar-refractivity contribution in [3.05, 3.63) is 48.0 Å². The lowest BCUT2D eigenvalue weighted by Crippen LogP contribution is -2.51. The minimum atomic E-state index is 0. The molecule has 7 nitrogen and oxygen atoms in total. The molecule has 0 spiro atoms. The van der Waals surface area contributed by atoms with E-state index in [9.17, 15) is 0 Å². The zero-order chi connectivity index (χ0) is 19.1. The Morgan fingerprint density at radius 3 is 2.75 bits per heavy atom. The van der Waals surface area contributed by atoms with Crippen LogP contribution < -0.4 is 10.6 Å². The second-order valence-corrected chi connectivity index (χ2v) is 7.13. The standard InChI is InChI=1S/C20H31N7.HI/c1-4-26-15-23-25-19(26)13-22-20(21-3)24-18-10-11-27(16(2)12-18)14-17-8-6-5-7-9-17;/h5-9,15-16,18H,4,10-14H2,1-3H3,(H2,21,22,24);1H. The van der Waals surface area contributed by atoms with Gasteiger partial charge in [-0.15, -0.1) is 34.2 Å². The average Bonchev–Trinajstić information content (AvgIpc) is 3.15. The molecule has 3 rings (SSSR count). The third-order valence-corrected chi connectivity index (χ3v) is 5.26. The maximum atomic E-state index is 4.37. The third kappa shape index (κ3) is 6.16. The number of hydrogen-bond donors (Lipinski definition) is 2. The van der Waals surface area contributed by atoms with Gasteiger partial charge in [-0.3, -0.25) is 9.89 Å². The van der Waals surface area contributed by atoms with Gasteiger partial charge in [-0.1, -0.05) is 30.3 Å². The van der Waals surface area contributed by atoms with Crippen molar-refractivity contribution in [2.45, 2.75) is 58.4 Å². The van der Waals surface area contributed by atoms with Gasteiger partial charge in [-0.25, -0.2) is 0 Å². The van der Waals surface area contributed by atoms with Crippen LogP contribution in [-0.4, -0.2) is 51.3 Å². The molecule has 154 valence electrons. The Kier molecular flexibility index (Phi) is 9.17. The molecular formula is C20H32IN7. The summed E-state index contributed by atoms with van der Waals surface area (Å²) < 4.78 is 2.03. The van der Waals surface area contributed by atoms with Crippen LogP contribution in [0.15, 0.2) is 41.7 Å². The molecule has 0 aliphatic carbocycles. The molecule has 1 aliphatic rings. The molecule has 0 saturated carbocycles. The summed E-state index contributed by atoms with van der Waals surface area (Å²) in [6.45, 7) is 8.01. The largest absolute Gasteiger partial charge is 0.354 e. The van der Waals surface area contributed by atoms with E-state index in [1.54, 1.807) is 6.33 Å². The van der Waals surface area contributed by atoms with E-state index in [4.69, 9.17) is 0 Å². The number of likely N-dealkylation sites (tertiary alicyclic amines) is 1. The van der Waals surface area contributed by atoms with Gasteiger partial charge < -0.3 is 15.2 Å². The van der Waals surface area contributed by atoms with Crippen molar-refractivity contribution < 1.29 is 0 Å². The highest BCUT2D eigenvalue weighted by atomic mass is 127. The summed E-state index contributed by atoms with van der Waals surface area (Å²) in [5, 5.41) is 15.1. The molecule has 1 aliphatic heterocycles. The lowest BCUT2D eigenvalue weighted by Gasteiger charge is -2.38. The summed E-state index contributed by atoms with van der Waals surface area (Å²) in [6.07, 6.45) is 3.99. The van der Waals surface area contributed by atoms with Gasteiger partial charge in [-0.2, -0.15) is 0 Å². The highest BCUT2D eigenvalue weighted by Gasteiger charge is 2.26. The number of piperidine rings is 1. The maximum Gasteiger partial charge on any atom is 0.191 e. The van der Waals surface area contributed by atoms with Crippen LogP contribution in [-0.2, 0) is 19.6 Å². The number of guanidine groups is 1. The Morgan fingerprint density at radius 2 is 2.07 bits per heavy atom. The van der Waals surface area contributed by atoms with Crippen molar-refractivity contribution in [3.8, 4) is 0 Å². The third-order valence-electron chi connectivity index (χ3n) is 5.26. The van der Waals surface area contributed by atoms with Gasteiger partial charge in [0, 0.05) is 38.8 Å². The van der Waals surface area contributed by atoms with E-state index < -0.39 is 0 Å². The number of aryl methyl sites for hydroxylation is 1. The van der Waals surface area contributed by atoms with E-state index >= 15 is 0 Å². The molecule has 2 heterocycles. The summed E-state index contributed by atoms with van der Waals surface area (Å²) in [5.41, 5.74) is 1.38. The number of aliphatic imine (C=N–C) groups is 1. The molecule has 2 N–H and O–H groups in total. The van der Waals surface area contributed by atoms with E-state index in [-0.39, 0.29) is 24.0 Å². The zero-order valence-corrected chi connectivity index (χ0v) is 19.3. The van der Waals surface area contributed by atoms with Crippen LogP contribution in [0.4, 0.5) is 0 Å². The van der Waals surface area contributed by atoms with Gasteiger partial charge in [0.25, 0.3) is 0 Å². The summed E-state index contributed by atoms with van der Waals surface area (Å²) >= 11 is 0. The lowest BCUT2D eigenvalue weighted by atomic mass is 9.97. The number of hydrogen-bond acceptors (Lipinski definition) is 4. The second-order valence-electron chi connectivity index (χ2n) is 7.13. The van der Waals surface area contributed by atoms with Gasteiger partial charge in [0.15, 0.2) is 11.8 Å². The van der Waals surface area contributed by atoms with E-state index in [1.165, 1.54) is 5.56 Å². The van der Waals surface area contributed by atoms with Crippen LogP contribution in [0.2, 0.25) is 0 Å². The van der Waals surface area contributed by atoms with E-state index in [0.29, 0.717) is 18.6 Å². The van der Waals surface area contributed by atoms with E-state index in [1.807, 2.05) is 11.6 Å². The van der Waals surface area contributed by atoms with Crippen LogP contribution in [0, 0.1) is 0 Å². The first-order valence-corrected chi connectivity index (χ1v) is 9.81. The number of rotatable bonds is 6. The quantitative estimate of drug-likeness (QED) is 0.365. The number of nitrogens with zero attached hydrogens (tertiary/aromatic N) is 5. The number of aromatic nitrogens is 3. The van der Waals surface area contributed by atoms with Crippen molar-refractivity contribution in [1.82, 2.24) is 30.3 Å². The van der Waals surface area contributed by atoms with Crippen LogP contribution in [0.25, 0.3) is 0 Å². The minimum absolute atomic E-state index is 0. The molecule has 2 aromatic rings. The lowest BCUT2D eigenvalue weighted by molar-refractivity contribution is 0.134. The summed E-state index contributed by atoms with van der Waals surface area (Å²) in [4.78, 5) is 6.94. The van der Waals surface area contributed by atoms with Crippen LogP contribution in [0.1, 0.15) is 38.1 Å². The van der Waals surface area contributed by atoms with E-state index in [2.05, 4.69) is 74.9 Å². The Morgan fingerprint density at radius 1 is 1.29 bits per heavy atom. The molecule has 0 amide bonds. The predicted molar refractivity (Wildman–Crippen MR) is 124 cm³/mol. The van der Waals surface area contributed by atoms with Crippen molar-refractivity contribution in [3.63, 3.8) is 0 Å². The number of halogens is 1. The van der Waals surface area contributed by atoms with Crippen molar-refractivity contribution in [2.24, 2.45) is 4.99 Å². The molecule has 0 radical (unpaired) electrons. The topological polar surface area (TPSA) is 70.4 Å². The normalized spacial score (nSPS) is 20.5. The highest BCUT2D eigenvalue weighted by Crippen LogP contribution is 2.19. The first-order chi connectivity index (χ1) is 13.2. The first kappa shape index (κ1) is 22.6. The fourth-order valence-electron chi connectivity index (χ4n) is 3.64. The molecular weight excluding hydrogens is 465 g/mol. The predicted octanol–water partition coefficient (Wildman–Crippen LogP) is 2.63. The van der Waals surface area contributed by atoms with Crippen molar-refractivity contribution in [2.75, 3.05) is 13.6 Å². The van der Waals surface area contributed by atoms with Gasteiger partial charge in [0.05, 0.1) is 6.54 Å². The molecule has 1 fully saturated rings. The molecule has 2 unspecified atom stereocenters. The minimum Gasteiger partial charge on any atom is -0.354 e. The molecule has 1 aromatic carbocycles. The molecule has 28 heavy (non-hydrogen) atoms.